The number of aromatic nitrogens is 1. The minimum absolute atomic E-state index is 0.113. The Labute approximate surface area is 123 Å². The van der Waals surface area contributed by atoms with E-state index in [1.54, 1.807) is 0 Å². The lowest BCUT2D eigenvalue weighted by Crippen LogP contribution is -2.35. The van der Waals surface area contributed by atoms with Crippen LogP contribution in [-0.4, -0.2) is 43.6 Å². The number of halogens is 3. The van der Waals surface area contributed by atoms with Crippen LogP contribution in [0.4, 0.5) is 24.8 Å². The number of alkyl halides is 3. The highest BCUT2D eigenvalue weighted by Gasteiger charge is 2.32. The van der Waals surface area contributed by atoms with Crippen molar-refractivity contribution in [2.75, 3.05) is 44.4 Å². The number of nitrogens with two attached hydrogens (primary N) is 1. The molecule has 2 N–H and O–H groups in total. The van der Waals surface area contributed by atoms with Gasteiger partial charge in [0.15, 0.2) is 0 Å². The Balaban J connectivity index is 3.08. The Morgan fingerprint density at radius 1 is 1.19 bits per heavy atom. The van der Waals surface area contributed by atoms with Crippen LogP contribution in [0.15, 0.2) is 12.1 Å². The van der Waals surface area contributed by atoms with E-state index in [1.807, 2.05) is 37.7 Å². The van der Waals surface area contributed by atoms with Gasteiger partial charge in [-0.15, -0.1) is 0 Å². The molecule has 0 spiro atoms. The molecule has 0 atom stereocenters. The quantitative estimate of drug-likeness (QED) is 0.878. The van der Waals surface area contributed by atoms with Gasteiger partial charge in [0.05, 0.1) is 5.56 Å². The number of pyridine rings is 1. The number of anilines is 2. The summed E-state index contributed by atoms with van der Waals surface area (Å²) < 4.78 is 38.6. The first-order valence-corrected chi connectivity index (χ1v) is 6.84. The van der Waals surface area contributed by atoms with Crippen LogP contribution in [0.1, 0.15) is 19.4 Å². The van der Waals surface area contributed by atoms with Gasteiger partial charge in [-0.2, -0.15) is 13.2 Å². The maximum absolute atomic E-state index is 12.9. The highest BCUT2D eigenvalue weighted by molar-refractivity contribution is 5.49. The highest BCUT2D eigenvalue weighted by atomic mass is 19.4. The van der Waals surface area contributed by atoms with Crippen molar-refractivity contribution < 1.29 is 13.2 Å². The topological polar surface area (TPSA) is 45.4 Å². The maximum atomic E-state index is 12.9. The van der Waals surface area contributed by atoms with E-state index in [1.165, 1.54) is 0 Å². The van der Waals surface area contributed by atoms with Gasteiger partial charge in [0.2, 0.25) is 0 Å². The van der Waals surface area contributed by atoms with Crippen molar-refractivity contribution in [2.24, 2.45) is 5.92 Å². The molecule has 0 fully saturated rings. The largest absolute Gasteiger partial charge is 0.416 e. The van der Waals surface area contributed by atoms with E-state index >= 15 is 0 Å². The van der Waals surface area contributed by atoms with Gasteiger partial charge in [-0.05, 0) is 32.1 Å². The zero-order valence-corrected chi connectivity index (χ0v) is 12.9. The van der Waals surface area contributed by atoms with Crippen LogP contribution in [0, 0.1) is 5.92 Å². The van der Waals surface area contributed by atoms with Crippen LogP contribution in [0.2, 0.25) is 0 Å². The summed E-state index contributed by atoms with van der Waals surface area (Å²) in [5.41, 5.74) is 4.77. The Bertz CT molecular complexity index is 458. The zero-order chi connectivity index (χ0) is 16.2. The van der Waals surface area contributed by atoms with Crippen LogP contribution < -0.4 is 10.6 Å². The number of likely N-dealkylation sites (N-methyl/N-ethyl adjacent to an activating group) is 1. The first-order valence-electron chi connectivity index (χ1n) is 6.84. The number of hydrogen-bond acceptors (Lipinski definition) is 4. The van der Waals surface area contributed by atoms with E-state index in [9.17, 15) is 13.2 Å². The van der Waals surface area contributed by atoms with Crippen LogP contribution >= 0.6 is 0 Å². The van der Waals surface area contributed by atoms with Gasteiger partial charge in [-0.1, -0.05) is 13.8 Å². The van der Waals surface area contributed by atoms with E-state index in [2.05, 4.69) is 4.98 Å². The highest BCUT2D eigenvalue weighted by Crippen LogP contribution is 2.32. The molecule has 0 radical (unpaired) electrons. The molecular weight excluding hydrogens is 281 g/mol. The van der Waals surface area contributed by atoms with Gasteiger partial charge in [0.1, 0.15) is 11.6 Å². The fourth-order valence-electron chi connectivity index (χ4n) is 1.92. The monoisotopic (exact) mass is 304 g/mol. The molecule has 0 aromatic carbocycles. The summed E-state index contributed by atoms with van der Waals surface area (Å²) >= 11 is 0. The van der Waals surface area contributed by atoms with Gasteiger partial charge >= 0.3 is 6.18 Å². The van der Waals surface area contributed by atoms with Gasteiger partial charge in [-0.3, -0.25) is 0 Å². The third-order valence-electron chi connectivity index (χ3n) is 2.89. The lowest BCUT2D eigenvalue weighted by atomic mass is 10.2. The summed E-state index contributed by atoms with van der Waals surface area (Å²) in [4.78, 5) is 7.88. The van der Waals surface area contributed by atoms with Gasteiger partial charge in [0.25, 0.3) is 0 Å². The first kappa shape index (κ1) is 17.6. The van der Waals surface area contributed by atoms with Crippen LogP contribution in [-0.2, 0) is 6.18 Å². The molecule has 0 aliphatic rings. The van der Waals surface area contributed by atoms with E-state index in [4.69, 9.17) is 5.73 Å². The molecule has 4 nitrogen and oxygen atoms in total. The summed E-state index contributed by atoms with van der Waals surface area (Å²) in [7, 11) is 3.84. The molecule has 21 heavy (non-hydrogen) atoms. The molecule has 7 heteroatoms. The van der Waals surface area contributed by atoms with Crippen molar-refractivity contribution in [1.82, 2.24) is 9.88 Å². The molecule has 120 valence electrons. The Kier molecular flexibility index (Phi) is 5.83. The third-order valence-corrected chi connectivity index (χ3v) is 2.89. The van der Waals surface area contributed by atoms with Gasteiger partial charge in [0, 0.05) is 19.6 Å². The predicted molar refractivity (Wildman–Crippen MR) is 79.3 cm³/mol. The molecule has 0 unspecified atom stereocenters. The predicted octanol–water partition coefficient (Wildman–Crippen LogP) is 2.71. The number of nitrogen functional groups attached to an aromatic ring is 1. The van der Waals surface area contributed by atoms with Crippen molar-refractivity contribution in [1.29, 1.82) is 0 Å². The van der Waals surface area contributed by atoms with Gasteiger partial charge < -0.3 is 15.5 Å². The second kappa shape index (κ2) is 6.98. The smallest absolute Gasteiger partial charge is 0.384 e. The van der Waals surface area contributed by atoms with Crippen molar-refractivity contribution in [3.8, 4) is 0 Å². The van der Waals surface area contributed by atoms with E-state index in [-0.39, 0.29) is 11.6 Å². The first-order chi connectivity index (χ1) is 9.59. The summed E-state index contributed by atoms with van der Waals surface area (Å²) in [5.74, 6) is 0.473. The third kappa shape index (κ3) is 5.79. The Morgan fingerprint density at radius 2 is 1.81 bits per heavy atom. The normalized spacial score (nSPS) is 12.2. The molecule has 0 saturated heterocycles. The molecule has 1 heterocycles. The number of hydrogen-bond donors (Lipinski definition) is 1. The van der Waals surface area contributed by atoms with E-state index in [0.717, 1.165) is 18.7 Å². The second-order valence-corrected chi connectivity index (χ2v) is 5.78. The molecule has 1 aromatic heterocycles. The van der Waals surface area contributed by atoms with Crippen molar-refractivity contribution in [2.45, 2.75) is 20.0 Å². The minimum atomic E-state index is -4.42. The second-order valence-electron chi connectivity index (χ2n) is 5.78. The maximum Gasteiger partial charge on any atom is 0.416 e. The van der Waals surface area contributed by atoms with Crippen LogP contribution in [0.3, 0.4) is 0 Å². The molecule has 0 amide bonds. The molecular formula is C14H23F3N4. The molecule has 1 aromatic rings. The van der Waals surface area contributed by atoms with Crippen molar-refractivity contribution in [3.63, 3.8) is 0 Å². The number of rotatable bonds is 6. The van der Waals surface area contributed by atoms with E-state index < -0.39 is 11.7 Å². The summed E-state index contributed by atoms with van der Waals surface area (Å²) in [6.45, 7) is 5.98. The van der Waals surface area contributed by atoms with Crippen molar-refractivity contribution in [3.05, 3.63) is 17.7 Å². The lowest BCUT2D eigenvalue weighted by Gasteiger charge is -2.27. The fraction of sp³-hybridized carbons (Fsp3) is 0.643. The van der Waals surface area contributed by atoms with Crippen LogP contribution in [0.25, 0.3) is 0 Å². The summed E-state index contributed by atoms with van der Waals surface area (Å²) in [6.07, 6.45) is -4.42. The molecule has 1 rings (SSSR count). The zero-order valence-electron chi connectivity index (χ0n) is 12.9. The SMILES string of the molecule is CC(C)CN(CCN(C)C)c1cc(C(F)(F)F)cc(N)n1. The Morgan fingerprint density at radius 3 is 2.29 bits per heavy atom. The Hall–Kier alpha value is -1.50. The standard InChI is InChI=1S/C14H23F3N4/c1-10(2)9-21(6-5-20(3)4)13-8-11(14(15,16)17)7-12(18)19-13/h7-8,10H,5-6,9H2,1-4H3,(H2,18,19). The average molecular weight is 304 g/mol. The van der Waals surface area contributed by atoms with Crippen LogP contribution in [0.5, 0.6) is 0 Å². The van der Waals surface area contributed by atoms with Crippen molar-refractivity contribution >= 4 is 11.6 Å². The molecule has 0 bridgehead atoms. The van der Waals surface area contributed by atoms with E-state index in [0.29, 0.717) is 19.0 Å². The summed E-state index contributed by atoms with van der Waals surface area (Å²) in [6, 6.07) is 1.93. The molecule has 0 saturated carbocycles. The number of nitrogens with zero attached hydrogens (tertiary/aromatic N) is 3. The fourth-order valence-corrected chi connectivity index (χ4v) is 1.92. The molecule has 0 aliphatic heterocycles. The van der Waals surface area contributed by atoms with Gasteiger partial charge in [-0.25, -0.2) is 4.98 Å². The average Bonchev–Trinajstić information content (AvgIpc) is 2.32. The lowest BCUT2D eigenvalue weighted by molar-refractivity contribution is -0.137. The molecule has 0 aliphatic carbocycles. The minimum Gasteiger partial charge on any atom is -0.384 e. The summed E-state index contributed by atoms with van der Waals surface area (Å²) in [5, 5.41) is 0.